The molecule has 3 aromatic carbocycles. The number of fused-ring (bicyclic) bond motifs is 2. The lowest BCUT2D eigenvalue weighted by atomic mass is 9.82. The highest BCUT2D eigenvalue weighted by molar-refractivity contribution is 7.89. The highest BCUT2D eigenvalue weighted by Gasteiger charge is 2.67. The molecule has 1 aliphatic carbocycles. The van der Waals surface area contributed by atoms with Gasteiger partial charge in [0.1, 0.15) is 5.82 Å². The van der Waals surface area contributed by atoms with E-state index in [0.717, 1.165) is 10.8 Å². The molecule has 5 aromatic rings. The molecular formula is C38H30N6O4S. The summed E-state index contributed by atoms with van der Waals surface area (Å²) < 4.78 is 29.2. The molecule has 1 amide bonds. The van der Waals surface area contributed by atoms with Gasteiger partial charge in [-0.15, -0.1) is 0 Å². The van der Waals surface area contributed by atoms with Crippen molar-refractivity contribution in [3.63, 3.8) is 0 Å². The Hall–Kier alpha value is -5.70. The zero-order valence-corrected chi connectivity index (χ0v) is 27.2. The molecular weight excluding hydrogens is 637 g/mol. The molecule has 242 valence electrons. The Kier molecular flexibility index (Phi) is 7.17. The summed E-state index contributed by atoms with van der Waals surface area (Å²) >= 11 is 0. The first-order valence-electron chi connectivity index (χ1n) is 15.9. The SMILES string of the molecule is CN1C(=CC(=O)c2ccc(C#N)cc2)N(C2[C@H]3CN(S(=O)(=O)c4ccc5ccccc5c4)C[C@H]23)C(=O)C1(c1ccncc1)c1ccncc1. The van der Waals surface area contributed by atoms with Crippen molar-refractivity contribution in [3.8, 4) is 6.07 Å². The molecule has 11 heteroatoms. The van der Waals surface area contributed by atoms with E-state index in [-0.39, 0.29) is 47.6 Å². The van der Waals surface area contributed by atoms with Gasteiger partial charge in [-0.2, -0.15) is 9.57 Å². The molecule has 4 heterocycles. The zero-order valence-electron chi connectivity index (χ0n) is 26.4. The Labute approximate surface area is 283 Å². The summed E-state index contributed by atoms with van der Waals surface area (Å²) in [7, 11) is -1.98. The number of likely N-dealkylation sites (N-methyl/N-ethyl adjacent to an activating group) is 1. The number of aromatic nitrogens is 2. The van der Waals surface area contributed by atoms with Crippen molar-refractivity contribution in [2.24, 2.45) is 11.8 Å². The molecule has 2 atom stereocenters. The molecule has 2 saturated heterocycles. The van der Waals surface area contributed by atoms with E-state index in [1.807, 2.05) is 35.2 Å². The molecule has 1 saturated carbocycles. The standard InChI is InChI=1S/C38H30N6O4S/c1-42-35(21-34(45)27-8-6-25(22-39)7-9-27)44(37(46)38(42,29-12-16-40-17-13-29)30-14-18-41-19-15-30)36-32-23-43(24-33(32)36)49(47,48)31-11-10-26-4-2-3-5-28(26)20-31/h2-21,32-33,36H,23-24H2,1H3/t32-,33-/m0/s1. The van der Waals surface area contributed by atoms with Gasteiger partial charge in [-0.3, -0.25) is 24.5 Å². The second-order valence-electron chi connectivity index (χ2n) is 12.6. The number of nitriles is 1. The first-order valence-corrected chi connectivity index (χ1v) is 17.3. The van der Waals surface area contributed by atoms with Crippen LogP contribution in [-0.4, -0.2) is 70.4 Å². The van der Waals surface area contributed by atoms with Gasteiger partial charge in [0.05, 0.1) is 16.5 Å². The summed E-state index contributed by atoms with van der Waals surface area (Å²) in [6.07, 6.45) is 8.01. The molecule has 0 radical (unpaired) electrons. The predicted octanol–water partition coefficient (Wildman–Crippen LogP) is 4.56. The van der Waals surface area contributed by atoms with Crippen LogP contribution in [0.5, 0.6) is 0 Å². The van der Waals surface area contributed by atoms with Crippen LogP contribution in [0.15, 0.2) is 133 Å². The number of ketones is 1. The Morgan fingerprint density at radius 1 is 0.857 bits per heavy atom. The van der Waals surface area contributed by atoms with Gasteiger partial charge in [0, 0.05) is 74.4 Å². The molecule has 2 aromatic heterocycles. The van der Waals surface area contributed by atoms with Crippen LogP contribution < -0.4 is 0 Å². The normalized spacial score (nSPS) is 22.3. The van der Waals surface area contributed by atoms with Gasteiger partial charge in [-0.05, 0) is 82.6 Å². The van der Waals surface area contributed by atoms with Crippen LogP contribution in [0.4, 0.5) is 0 Å². The number of carbonyl (C=O) groups is 2. The van der Waals surface area contributed by atoms with E-state index in [0.29, 0.717) is 28.1 Å². The summed E-state index contributed by atoms with van der Waals surface area (Å²) in [5.74, 6) is -0.389. The Morgan fingerprint density at radius 2 is 1.45 bits per heavy atom. The van der Waals surface area contributed by atoms with Crippen LogP contribution in [-0.2, 0) is 20.4 Å². The lowest BCUT2D eigenvalue weighted by Gasteiger charge is -2.35. The monoisotopic (exact) mass is 666 g/mol. The molecule has 0 bridgehead atoms. The topological polar surface area (TPSA) is 128 Å². The number of carbonyl (C=O) groups excluding carboxylic acids is 2. The fraction of sp³-hybridized carbons (Fsp3) is 0.184. The lowest BCUT2D eigenvalue weighted by molar-refractivity contribution is -0.132. The molecule has 0 N–H and O–H groups in total. The van der Waals surface area contributed by atoms with E-state index in [1.54, 1.807) is 97.4 Å². The van der Waals surface area contributed by atoms with Crippen molar-refractivity contribution in [1.29, 1.82) is 5.26 Å². The smallest absolute Gasteiger partial charge is 0.263 e. The minimum atomic E-state index is -3.77. The number of pyridine rings is 2. The maximum Gasteiger partial charge on any atom is 0.263 e. The summed E-state index contributed by atoms with van der Waals surface area (Å²) in [6.45, 7) is 0.513. The molecule has 3 fully saturated rings. The Morgan fingerprint density at radius 3 is 2.04 bits per heavy atom. The second kappa shape index (κ2) is 11.5. The molecule has 0 unspecified atom stereocenters. The zero-order chi connectivity index (χ0) is 33.9. The molecule has 8 rings (SSSR count). The third kappa shape index (κ3) is 4.75. The van der Waals surface area contributed by atoms with E-state index in [2.05, 4.69) is 16.0 Å². The molecule has 10 nitrogen and oxygen atoms in total. The number of allylic oxidation sites excluding steroid dienone is 1. The average Bonchev–Trinajstić information content (AvgIpc) is 3.50. The fourth-order valence-corrected chi connectivity index (χ4v) is 9.17. The van der Waals surface area contributed by atoms with Crippen LogP contribution >= 0.6 is 0 Å². The number of piperidine rings is 1. The lowest BCUT2D eigenvalue weighted by Crippen LogP contribution is -2.46. The number of amides is 1. The molecule has 2 aliphatic heterocycles. The number of nitrogens with zero attached hydrogens (tertiary/aromatic N) is 6. The third-order valence-electron chi connectivity index (χ3n) is 10.1. The molecule has 0 spiro atoms. The quantitative estimate of drug-likeness (QED) is 0.183. The number of hydrogen-bond donors (Lipinski definition) is 0. The minimum absolute atomic E-state index is 0.119. The van der Waals surface area contributed by atoms with Gasteiger partial charge >= 0.3 is 0 Å². The van der Waals surface area contributed by atoms with Gasteiger partial charge < -0.3 is 4.90 Å². The van der Waals surface area contributed by atoms with E-state index in [9.17, 15) is 18.5 Å². The highest BCUT2D eigenvalue weighted by atomic mass is 32.2. The van der Waals surface area contributed by atoms with Crippen molar-refractivity contribution >= 4 is 32.5 Å². The van der Waals surface area contributed by atoms with E-state index in [4.69, 9.17) is 0 Å². The number of benzene rings is 3. The van der Waals surface area contributed by atoms with E-state index >= 15 is 4.79 Å². The summed E-state index contributed by atoms with van der Waals surface area (Å²) in [6, 6.07) is 28.1. The average molecular weight is 667 g/mol. The Bertz CT molecular complexity index is 2250. The number of hydrogen-bond acceptors (Lipinski definition) is 8. The first kappa shape index (κ1) is 30.6. The van der Waals surface area contributed by atoms with Gasteiger partial charge in [-0.25, -0.2) is 8.42 Å². The maximum atomic E-state index is 15.1. The van der Waals surface area contributed by atoms with Crippen LogP contribution in [0.1, 0.15) is 27.0 Å². The van der Waals surface area contributed by atoms with Crippen molar-refractivity contribution in [2.75, 3.05) is 20.1 Å². The van der Waals surface area contributed by atoms with Crippen LogP contribution in [0, 0.1) is 23.2 Å². The number of sulfonamides is 1. The first-order chi connectivity index (χ1) is 23.7. The second-order valence-corrected chi connectivity index (χ2v) is 14.6. The summed E-state index contributed by atoms with van der Waals surface area (Å²) in [4.78, 5) is 41.0. The largest absolute Gasteiger partial charge is 0.339 e. The van der Waals surface area contributed by atoms with Crippen molar-refractivity contribution in [1.82, 2.24) is 24.1 Å². The van der Waals surface area contributed by atoms with Gasteiger partial charge in [-0.1, -0.05) is 30.3 Å². The van der Waals surface area contributed by atoms with Crippen molar-refractivity contribution in [3.05, 3.63) is 150 Å². The molecule has 49 heavy (non-hydrogen) atoms. The minimum Gasteiger partial charge on any atom is -0.339 e. The van der Waals surface area contributed by atoms with Gasteiger partial charge in [0.15, 0.2) is 11.3 Å². The van der Waals surface area contributed by atoms with Gasteiger partial charge in [0.25, 0.3) is 5.91 Å². The summed E-state index contributed by atoms with van der Waals surface area (Å²) in [5, 5.41) is 11.1. The third-order valence-corrected chi connectivity index (χ3v) is 12.0. The summed E-state index contributed by atoms with van der Waals surface area (Å²) in [5.41, 5.74) is 0.818. The van der Waals surface area contributed by atoms with Crippen LogP contribution in [0.2, 0.25) is 0 Å². The van der Waals surface area contributed by atoms with Crippen molar-refractivity contribution < 1.29 is 18.0 Å². The molecule has 3 aliphatic rings. The Balaban J connectivity index is 1.17. The van der Waals surface area contributed by atoms with E-state index in [1.165, 1.54) is 10.4 Å². The van der Waals surface area contributed by atoms with Crippen molar-refractivity contribution in [2.45, 2.75) is 16.5 Å². The highest BCUT2D eigenvalue weighted by Crippen LogP contribution is 2.56. The predicted molar refractivity (Wildman–Crippen MR) is 181 cm³/mol. The fourth-order valence-electron chi connectivity index (χ4n) is 7.62. The van der Waals surface area contributed by atoms with Crippen LogP contribution in [0.25, 0.3) is 10.8 Å². The van der Waals surface area contributed by atoms with Gasteiger partial charge in [0.2, 0.25) is 10.0 Å². The van der Waals surface area contributed by atoms with E-state index < -0.39 is 15.6 Å². The number of rotatable bonds is 7. The maximum absolute atomic E-state index is 15.1. The van der Waals surface area contributed by atoms with Crippen LogP contribution in [0.3, 0.4) is 0 Å².